The molecule has 0 radical (unpaired) electrons. The minimum atomic E-state index is 0.485. The fourth-order valence-electron chi connectivity index (χ4n) is 2.39. The van der Waals surface area contributed by atoms with E-state index in [0.717, 1.165) is 17.7 Å². The normalized spacial score (nSPS) is 16.8. The lowest BCUT2D eigenvalue weighted by atomic mass is 10.1. The van der Waals surface area contributed by atoms with Crippen molar-refractivity contribution < 1.29 is 4.74 Å². The van der Waals surface area contributed by atoms with Gasteiger partial charge in [-0.25, -0.2) is 4.98 Å². The van der Waals surface area contributed by atoms with Crippen molar-refractivity contribution in [1.29, 1.82) is 0 Å². The van der Waals surface area contributed by atoms with Gasteiger partial charge < -0.3 is 10.5 Å². The molecule has 0 bridgehead atoms. The first-order valence-electron chi connectivity index (χ1n) is 6.81. The number of likely N-dealkylation sites (tertiary alicyclic amines) is 1. The lowest BCUT2D eigenvalue weighted by Gasteiger charge is -2.26. The smallest absolute Gasteiger partial charge is 0.218 e. The second-order valence-corrected chi connectivity index (χ2v) is 4.87. The number of hydrogen-bond acceptors (Lipinski definition) is 4. The van der Waals surface area contributed by atoms with Gasteiger partial charge in [-0.2, -0.15) is 0 Å². The topological polar surface area (TPSA) is 51.4 Å². The molecule has 1 aliphatic rings. The van der Waals surface area contributed by atoms with Crippen molar-refractivity contribution in [2.75, 3.05) is 26.2 Å². The van der Waals surface area contributed by atoms with E-state index < -0.39 is 0 Å². The van der Waals surface area contributed by atoms with Crippen LogP contribution in [-0.2, 0) is 6.54 Å². The molecule has 0 amide bonds. The number of aromatic nitrogens is 1. The van der Waals surface area contributed by atoms with Crippen molar-refractivity contribution >= 4 is 0 Å². The maximum Gasteiger partial charge on any atom is 0.218 e. The molecule has 0 spiro atoms. The summed E-state index contributed by atoms with van der Waals surface area (Å²) in [5.74, 6) is 0.703. The van der Waals surface area contributed by atoms with Crippen molar-refractivity contribution in [2.24, 2.45) is 5.73 Å². The van der Waals surface area contributed by atoms with Gasteiger partial charge in [-0.15, -0.1) is 0 Å². The van der Waals surface area contributed by atoms with Gasteiger partial charge >= 0.3 is 0 Å². The summed E-state index contributed by atoms with van der Waals surface area (Å²) in [6.45, 7) is 6.62. The Hall–Kier alpha value is -1.13. The lowest BCUT2D eigenvalue weighted by molar-refractivity contribution is 0.180. The highest BCUT2D eigenvalue weighted by Gasteiger charge is 2.11. The average Bonchev–Trinajstić information content (AvgIpc) is 2.40. The molecule has 0 saturated carbocycles. The number of pyridine rings is 1. The van der Waals surface area contributed by atoms with Crippen molar-refractivity contribution in [3.8, 4) is 5.88 Å². The molecule has 1 aromatic rings. The molecule has 0 atom stereocenters. The number of nitrogens with two attached hydrogens (primary N) is 1. The minimum absolute atomic E-state index is 0.485. The van der Waals surface area contributed by atoms with E-state index in [1.165, 1.54) is 32.4 Å². The summed E-state index contributed by atoms with van der Waals surface area (Å²) in [7, 11) is 0. The lowest BCUT2D eigenvalue weighted by Crippen LogP contribution is -2.33. The minimum Gasteiger partial charge on any atom is -0.476 e. The van der Waals surface area contributed by atoms with Gasteiger partial charge in [0.05, 0.1) is 0 Å². The highest BCUT2D eigenvalue weighted by Crippen LogP contribution is 2.18. The molecule has 1 fully saturated rings. The molecular weight excluding hydrogens is 226 g/mol. The number of nitrogens with zero attached hydrogens (tertiary/aromatic N) is 2. The van der Waals surface area contributed by atoms with E-state index in [9.17, 15) is 0 Å². The Morgan fingerprint density at radius 2 is 2.11 bits per heavy atom. The average molecular weight is 249 g/mol. The summed E-state index contributed by atoms with van der Waals surface area (Å²) in [4.78, 5) is 6.73. The van der Waals surface area contributed by atoms with Crippen LogP contribution in [0.15, 0.2) is 12.3 Å². The molecule has 0 aliphatic carbocycles. The summed E-state index contributed by atoms with van der Waals surface area (Å²) in [6, 6.07) is 1.97. The van der Waals surface area contributed by atoms with Gasteiger partial charge in [0.2, 0.25) is 5.88 Å². The monoisotopic (exact) mass is 249 g/mol. The zero-order valence-corrected chi connectivity index (χ0v) is 11.2. The van der Waals surface area contributed by atoms with Crippen LogP contribution >= 0.6 is 0 Å². The van der Waals surface area contributed by atoms with Crippen LogP contribution in [0.25, 0.3) is 0 Å². The Kier molecular flexibility index (Phi) is 4.96. The Balaban J connectivity index is 1.84. The third kappa shape index (κ3) is 3.43. The van der Waals surface area contributed by atoms with Gasteiger partial charge in [-0.1, -0.05) is 6.42 Å². The number of piperidine rings is 1. The van der Waals surface area contributed by atoms with Gasteiger partial charge in [0.15, 0.2) is 0 Å². The maximum absolute atomic E-state index is 5.78. The Morgan fingerprint density at radius 3 is 2.83 bits per heavy atom. The van der Waals surface area contributed by atoms with Gasteiger partial charge in [0.1, 0.15) is 6.61 Å². The number of rotatable bonds is 5. The van der Waals surface area contributed by atoms with Crippen LogP contribution in [0.5, 0.6) is 5.88 Å². The first-order chi connectivity index (χ1) is 8.81. The van der Waals surface area contributed by atoms with E-state index in [0.29, 0.717) is 19.0 Å². The summed E-state index contributed by atoms with van der Waals surface area (Å²) in [5, 5.41) is 0. The van der Waals surface area contributed by atoms with Crippen molar-refractivity contribution in [3.63, 3.8) is 0 Å². The molecule has 2 heterocycles. The molecule has 2 N–H and O–H groups in total. The van der Waals surface area contributed by atoms with Gasteiger partial charge in [-0.3, -0.25) is 4.90 Å². The van der Waals surface area contributed by atoms with E-state index in [-0.39, 0.29) is 0 Å². The fourth-order valence-corrected chi connectivity index (χ4v) is 2.39. The Bertz CT molecular complexity index is 375. The van der Waals surface area contributed by atoms with Crippen molar-refractivity contribution in [2.45, 2.75) is 32.7 Å². The predicted molar refractivity (Wildman–Crippen MR) is 72.7 cm³/mol. The van der Waals surface area contributed by atoms with Gasteiger partial charge in [0, 0.05) is 24.8 Å². The number of aryl methyl sites for hydroxylation is 1. The second kappa shape index (κ2) is 6.71. The zero-order chi connectivity index (χ0) is 12.8. The largest absolute Gasteiger partial charge is 0.476 e. The van der Waals surface area contributed by atoms with Crippen LogP contribution in [0.3, 0.4) is 0 Å². The third-order valence-corrected chi connectivity index (χ3v) is 3.55. The van der Waals surface area contributed by atoms with E-state index in [2.05, 4.69) is 9.88 Å². The van der Waals surface area contributed by atoms with Gasteiger partial charge in [0.25, 0.3) is 0 Å². The summed E-state index contributed by atoms with van der Waals surface area (Å²) in [6.07, 6.45) is 5.78. The standard InChI is InChI=1S/C14H23N3O/c1-12-5-6-16-14(13(12)11-15)18-10-9-17-7-3-2-4-8-17/h5-6H,2-4,7-11,15H2,1H3. The second-order valence-electron chi connectivity index (χ2n) is 4.87. The molecular formula is C14H23N3O. The first kappa shape index (κ1) is 13.3. The van der Waals surface area contributed by atoms with Gasteiger partial charge in [-0.05, 0) is 44.5 Å². The first-order valence-corrected chi connectivity index (χ1v) is 6.81. The quantitative estimate of drug-likeness (QED) is 0.863. The fraction of sp³-hybridized carbons (Fsp3) is 0.643. The highest BCUT2D eigenvalue weighted by atomic mass is 16.5. The van der Waals surface area contributed by atoms with Crippen LogP contribution in [0.2, 0.25) is 0 Å². The SMILES string of the molecule is Cc1ccnc(OCCN2CCCCC2)c1CN. The Labute approximate surface area is 109 Å². The predicted octanol–water partition coefficient (Wildman–Crippen LogP) is 1.71. The molecule has 1 saturated heterocycles. The van der Waals surface area contributed by atoms with Crippen molar-refractivity contribution in [1.82, 2.24) is 9.88 Å². The van der Waals surface area contributed by atoms with Crippen LogP contribution < -0.4 is 10.5 Å². The third-order valence-electron chi connectivity index (χ3n) is 3.55. The molecule has 1 aromatic heterocycles. The molecule has 0 aromatic carbocycles. The summed E-state index contributed by atoms with van der Waals surface area (Å²) < 4.78 is 5.78. The molecule has 4 nitrogen and oxygen atoms in total. The van der Waals surface area contributed by atoms with E-state index in [4.69, 9.17) is 10.5 Å². The molecule has 0 unspecified atom stereocenters. The number of ether oxygens (including phenoxy) is 1. The van der Waals surface area contributed by atoms with Crippen LogP contribution in [0.1, 0.15) is 30.4 Å². The summed E-state index contributed by atoms with van der Waals surface area (Å²) in [5.41, 5.74) is 7.91. The zero-order valence-electron chi connectivity index (χ0n) is 11.2. The van der Waals surface area contributed by atoms with Crippen LogP contribution in [-0.4, -0.2) is 36.1 Å². The number of hydrogen-bond donors (Lipinski definition) is 1. The van der Waals surface area contributed by atoms with Crippen molar-refractivity contribution in [3.05, 3.63) is 23.4 Å². The molecule has 18 heavy (non-hydrogen) atoms. The molecule has 1 aliphatic heterocycles. The molecule has 100 valence electrons. The maximum atomic E-state index is 5.78. The summed E-state index contributed by atoms with van der Waals surface area (Å²) >= 11 is 0. The molecule has 4 heteroatoms. The van der Waals surface area contributed by atoms with E-state index in [1.807, 2.05) is 13.0 Å². The highest BCUT2D eigenvalue weighted by molar-refractivity contribution is 5.33. The van der Waals surface area contributed by atoms with E-state index >= 15 is 0 Å². The van der Waals surface area contributed by atoms with Crippen LogP contribution in [0, 0.1) is 6.92 Å². The van der Waals surface area contributed by atoms with E-state index in [1.54, 1.807) is 6.20 Å². The molecule has 2 rings (SSSR count). The van der Waals surface area contributed by atoms with Crippen LogP contribution in [0.4, 0.5) is 0 Å². The Morgan fingerprint density at radius 1 is 1.33 bits per heavy atom.